The van der Waals surface area contributed by atoms with Gasteiger partial charge in [0.05, 0.1) is 4.47 Å². The summed E-state index contributed by atoms with van der Waals surface area (Å²) in [4.78, 5) is 0. The molecule has 0 aliphatic heterocycles. The summed E-state index contributed by atoms with van der Waals surface area (Å²) in [6.45, 7) is 0. The van der Waals surface area contributed by atoms with Crippen LogP contribution < -0.4 is 0 Å². The molecule has 10 heteroatoms. The lowest BCUT2D eigenvalue weighted by Gasteiger charge is -2.32. The first kappa shape index (κ1) is 16.2. The van der Waals surface area contributed by atoms with E-state index >= 15 is 0 Å². The van der Waals surface area contributed by atoms with Crippen LogP contribution in [0, 0.1) is 11.6 Å². The number of alkyl halides is 6. The molecule has 0 saturated heterocycles. The second-order valence-electron chi connectivity index (χ2n) is 3.43. The maximum absolute atomic E-state index is 13.3. The summed E-state index contributed by atoms with van der Waals surface area (Å²) in [5.41, 5.74) is -7.75. The minimum absolute atomic E-state index is 0.00345. The average Bonchev–Trinajstić information content (AvgIpc) is 2.22. The number of halogens is 9. The van der Waals surface area contributed by atoms with Gasteiger partial charge in [-0.2, -0.15) is 26.3 Å². The Hall–Kier alpha value is -0.900. The van der Waals surface area contributed by atoms with Crippen molar-refractivity contribution >= 4 is 15.9 Å². The molecule has 0 aliphatic carbocycles. The molecule has 1 nitrogen and oxygen atoms in total. The Bertz CT molecular complexity index is 478. The third kappa shape index (κ3) is 2.42. The molecule has 1 rings (SSSR count). The van der Waals surface area contributed by atoms with Crippen molar-refractivity contribution in [2.45, 2.75) is 18.0 Å². The van der Waals surface area contributed by atoms with E-state index in [0.717, 1.165) is 0 Å². The Morgan fingerprint density at radius 1 is 0.842 bits per heavy atom. The minimum Gasteiger partial charge on any atom is -0.369 e. The summed E-state index contributed by atoms with van der Waals surface area (Å²) in [5.74, 6) is -4.41. The highest BCUT2D eigenvalue weighted by atomic mass is 79.9. The second kappa shape index (κ2) is 4.58. The number of aliphatic hydroxyl groups is 1. The van der Waals surface area contributed by atoms with Crippen molar-refractivity contribution in [2.24, 2.45) is 0 Å². The first-order valence-corrected chi connectivity index (χ1v) is 5.13. The van der Waals surface area contributed by atoms with E-state index in [9.17, 15) is 35.1 Å². The van der Waals surface area contributed by atoms with Gasteiger partial charge in [-0.15, -0.1) is 0 Å². The van der Waals surface area contributed by atoms with Crippen molar-refractivity contribution < 1.29 is 40.2 Å². The standard InChI is InChI=1S/C9H3BrF8O/c10-4-2-1-3(5(11)6(4)12)7(19,8(13,14)15)9(16,17)18/h1-2,19H. The highest BCUT2D eigenvalue weighted by Crippen LogP contribution is 2.51. The highest BCUT2D eigenvalue weighted by molar-refractivity contribution is 9.10. The summed E-state index contributed by atoms with van der Waals surface area (Å²) in [6, 6.07) is 0.430. The molecule has 0 bridgehead atoms. The monoisotopic (exact) mass is 358 g/mol. The van der Waals surface area contributed by atoms with E-state index in [1.54, 1.807) is 0 Å². The SMILES string of the molecule is OC(c1ccc(Br)c(F)c1F)(C(F)(F)F)C(F)(F)F. The van der Waals surface area contributed by atoms with Gasteiger partial charge in [-0.05, 0) is 22.0 Å². The molecule has 1 aromatic carbocycles. The van der Waals surface area contributed by atoms with Crippen LogP contribution in [0.5, 0.6) is 0 Å². The van der Waals surface area contributed by atoms with E-state index in [4.69, 9.17) is 5.11 Å². The number of benzene rings is 1. The zero-order valence-electron chi connectivity index (χ0n) is 8.50. The van der Waals surface area contributed by atoms with Gasteiger partial charge in [0.2, 0.25) is 0 Å². The Labute approximate surface area is 109 Å². The van der Waals surface area contributed by atoms with Crippen molar-refractivity contribution in [3.05, 3.63) is 33.8 Å². The molecular weight excluding hydrogens is 356 g/mol. The van der Waals surface area contributed by atoms with Crippen LogP contribution >= 0.6 is 15.9 Å². The smallest absolute Gasteiger partial charge is 0.369 e. The van der Waals surface area contributed by atoms with Crippen molar-refractivity contribution in [3.8, 4) is 0 Å². The normalized spacial score (nSPS) is 13.8. The molecule has 108 valence electrons. The zero-order valence-corrected chi connectivity index (χ0v) is 10.1. The van der Waals surface area contributed by atoms with Gasteiger partial charge in [0.15, 0.2) is 11.6 Å². The molecule has 0 heterocycles. The Balaban J connectivity index is 3.67. The van der Waals surface area contributed by atoms with E-state index in [1.807, 2.05) is 0 Å². The van der Waals surface area contributed by atoms with Gasteiger partial charge in [-0.1, -0.05) is 6.07 Å². The minimum atomic E-state index is -6.27. The number of hydrogen-bond donors (Lipinski definition) is 1. The van der Waals surface area contributed by atoms with Gasteiger partial charge in [0.1, 0.15) is 0 Å². The van der Waals surface area contributed by atoms with Gasteiger partial charge >= 0.3 is 12.4 Å². The maximum atomic E-state index is 13.3. The molecule has 1 N–H and O–H groups in total. The number of rotatable bonds is 1. The van der Waals surface area contributed by atoms with Crippen LogP contribution in [0.4, 0.5) is 35.1 Å². The van der Waals surface area contributed by atoms with Gasteiger partial charge < -0.3 is 5.11 Å². The lowest BCUT2D eigenvalue weighted by Crippen LogP contribution is -2.54. The molecule has 0 radical (unpaired) electrons. The van der Waals surface area contributed by atoms with E-state index in [0.29, 0.717) is 6.07 Å². The quantitative estimate of drug-likeness (QED) is 0.593. The molecule has 0 amide bonds. The fourth-order valence-electron chi connectivity index (χ4n) is 1.27. The van der Waals surface area contributed by atoms with Crippen LogP contribution in [0.25, 0.3) is 0 Å². The fraction of sp³-hybridized carbons (Fsp3) is 0.333. The Kier molecular flexibility index (Phi) is 3.90. The average molecular weight is 359 g/mol. The van der Waals surface area contributed by atoms with E-state index < -0.39 is 39.6 Å². The molecular formula is C9H3BrF8O. The van der Waals surface area contributed by atoms with Crippen molar-refractivity contribution in [2.75, 3.05) is 0 Å². The molecule has 0 saturated carbocycles. The molecule has 0 fully saturated rings. The Morgan fingerprint density at radius 3 is 1.63 bits per heavy atom. The lowest BCUT2D eigenvalue weighted by molar-refractivity contribution is -0.377. The second-order valence-corrected chi connectivity index (χ2v) is 4.28. The topological polar surface area (TPSA) is 20.2 Å². The summed E-state index contributed by atoms with van der Waals surface area (Å²) in [5, 5.41) is 8.88. The van der Waals surface area contributed by atoms with Crippen molar-refractivity contribution in [1.82, 2.24) is 0 Å². The molecule has 0 aliphatic rings. The van der Waals surface area contributed by atoms with Crippen LogP contribution in [0.3, 0.4) is 0 Å². The van der Waals surface area contributed by atoms with Crippen LogP contribution in [-0.2, 0) is 5.60 Å². The molecule has 1 aromatic rings. The van der Waals surface area contributed by atoms with Crippen LogP contribution in [0.1, 0.15) is 5.56 Å². The summed E-state index contributed by atoms with van der Waals surface area (Å²) in [7, 11) is 0. The third-order valence-electron chi connectivity index (χ3n) is 2.25. The van der Waals surface area contributed by atoms with Crippen LogP contribution in [-0.4, -0.2) is 17.5 Å². The van der Waals surface area contributed by atoms with E-state index in [-0.39, 0.29) is 6.07 Å². The Morgan fingerprint density at radius 2 is 1.26 bits per heavy atom. The molecule has 0 spiro atoms. The predicted molar refractivity (Wildman–Crippen MR) is 50.1 cm³/mol. The third-order valence-corrected chi connectivity index (χ3v) is 2.86. The number of hydrogen-bond acceptors (Lipinski definition) is 1. The van der Waals surface area contributed by atoms with Crippen LogP contribution in [0.2, 0.25) is 0 Å². The molecule has 0 unspecified atom stereocenters. The largest absolute Gasteiger partial charge is 0.430 e. The van der Waals surface area contributed by atoms with E-state index in [2.05, 4.69) is 15.9 Å². The van der Waals surface area contributed by atoms with Crippen LogP contribution in [0.15, 0.2) is 16.6 Å². The van der Waals surface area contributed by atoms with Gasteiger partial charge in [-0.25, -0.2) is 8.78 Å². The first-order chi connectivity index (χ1) is 8.34. The molecule has 19 heavy (non-hydrogen) atoms. The summed E-state index contributed by atoms with van der Waals surface area (Å²) < 4.78 is 100. The zero-order chi connectivity index (χ0) is 15.2. The van der Waals surface area contributed by atoms with Crippen molar-refractivity contribution in [3.63, 3.8) is 0 Å². The van der Waals surface area contributed by atoms with Gasteiger partial charge in [-0.3, -0.25) is 0 Å². The first-order valence-electron chi connectivity index (χ1n) is 4.34. The van der Waals surface area contributed by atoms with Crippen molar-refractivity contribution in [1.29, 1.82) is 0 Å². The summed E-state index contributed by atoms with van der Waals surface area (Å²) in [6.07, 6.45) is -12.5. The summed E-state index contributed by atoms with van der Waals surface area (Å²) >= 11 is 2.39. The molecule has 0 atom stereocenters. The predicted octanol–water partition coefficient (Wildman–Crippen LogP) is 4.04. The fourth-order valence-corrected chi connectivity index (χ4v) is 1.58. The maximum Gasteiger partial charge on any atom is 0.430 e. The molecule has 0 aromatic heterocycles. The van der Waals surface area contributed by atoms with Gasteiger partial charge in [0.25, 0.3) is 5.60 Å². The van der Waals surface area contributed by atoms with Gasteiger partial charge in [0, 0.05) is 5.56 Å². The lowest BCUT2D eigenvalue weighted by atomic mass is 9.91. The van der Waals surface area contributed by atoms with E-state index in [1.165, 1.54) is 0 Å². The highest BCUT2D eigenvalue weighted by Gasteiger charge is 2.72.